The lowest BCUT2D eigenvalue weighted by atomic mass is 10.1. The SMILES string of the molecule is FC(F)(F)c1cccc(C=CCl)c1. The molecule has 0 N–H and O–H groups in total. The van der Waals surface area contributed by atoms with Gasteiger partial charge in [0, 0.05) is 5.54 Å². The van der Waals surface area contributed by atoms with Gasteiger partial charge in [0.2, 0.25) is 0 Å². The van der Waals surface area contributed by atoms with Crippen molar-refractivity contribution in [1.82, 2.24) is 0 Å². The molecule has 0 nitrogen and oxygen atoms in total. The molecule has 0 saturated heterocycles. The molecular weight excluding hydrogens is 201 g/mol. The van der Waals surface area contributed by atoms with Crippen LogP contribution in [-0.2, 0) is 6.18 Å². The molecular formula is C9H6ClF3. The number of rotatable bonds is 1. The molecule has 1 aromatic rings. The summed E-state index contributed by atoms with van der Waals surface area (Å²) in [5.41, 5.74) is 0.944. The Morgan fingerprint density at radius 1 is 1.23 bits per heavy atom. The molecule has 13 heavy (non-hydrogen) atoms. The van der Waals surface area contributed by atoms with Crippen molar-refractivity contribution < 1.29 is 13.2 Å². The van der Waals surface area contributed by atoms with Crippen molar-refractivity contribution in [1.29, 1.82) is 0 Å². The number of halogens is 4. The molecule has 0 fully saturated rings. The van der Waals surface area contributed by atoms with Crippen molar-refractivity contribution in [2.24, 2.45) is 0 Å². The number of alkyl halides is 3. The average molecular weight is 207 g/mol. The Bertz CT molecular complexity index is 315. The first-order chi connectivity index (χ1) is 6.04. The van der Waals surface area contributed by atoms with Crippen LogP contribution in [0.4, 0.5) is 13.2 Å². The third-order valence-corrected chi connectivity index (χ3v) is 1.60. The van der Waals surface area contributed by atoms with E-state index in [0.717, 1.165) is 12.1 Å². The minimum absolute atomic E-state index is 0.435. The molecule has 0 amide bonds. The van der Waals surface area contributed by atoms with Crippen molar-refractivity contribution in [3.05, 3.63) is 40.9 Å². The van der Waals surface area contributed by atoms with E-state index in [2.05, 4.69) is 0 Å². The topological polar surface area (TPSA) is 0 Å². The number of hydrogen-bond donors (Lipinski definition) is 0. The summed E-state index contributed by atoms with van der Waals surface area (Å²) in [6.07, 6.45) is -2.90. The smallest absolute Gasteiger partial charge is 0.166 e. The average Bonchev–Trinajstić information content (AvgIpc) is 2.04. The van der Waals surface area contributed by atoms with Crippen LogP contribution in [0, 0.1) is 0 Å². The number of hydrogen-bond acceptors (Lipinski definition) is 0. The first-order valence-corrected chi connectivity index (χ1v) is 3.91. The molecule has 0 bridgehead atoms. The normalized spacial score (nSPS) is 12.3. The highest BCUT2D eigenvalue weighted by Gasteiger charge is 2.30. The van der Waals surface area contributed by atoms with Gasteiger partial charge < -0.3 is 0 Å². The molecule has 0 radical (unpaired) electrons. The summed E-state index contributed by atoms with van der Waals surface area (Å²) in [7, 11) is 0. The van der Waals surface area contributed by atoms with Crippen LogP contribution in [0.2, 0.25) is 0 Å². The molecule has 0 spiro atoms. The first-order valence-electron chi connectivity index (χ1n) is 3.48. The molecule has 0 aliphatic heterocycles. The summed E-state index contributed by atoms with van der Waals surface area (Å²) in [4.78, 5) is 0. The van der Waals surface area contributed by atoms with E-state index in [1.165, 1.54) is 17.7 Å². The molecule has 70 valence electrons. The largest absolute Gasteiger partial charge is 0.416 e. The van der Waals surface area contributed by atoms with Gasteiger partial charge in [0.15, 0.2) is 0 Å². The van der Waals surface area contributed by atoms with Crippen LogP contribution in [-0.4, -0.2) is 0 Å². The van der Waals surface area contributed by atoms with Crippen LogP contribution in [0.1, 0.15) is 11.1 Å². The van der Waals surface area contributed by atoms with Crippen molar-refractivity contribution >= 4 is 17.7 Å². The van der Waals surface area contributed by atoms with E-state index in [0.29, 0.717) is 5.56 Å². The number of benzene rings is 1. The van der Waals surface area contributed by atoms with Crippen LogP contribution in [0.3, 0.4) is 0 Å². The van der Waals surface area contributed by atoms with Crippen LogP contribution >= 0.6 is 11.6 Å². The molecule has 0 saturated carbocycles. The Hall–Kier alpha value is -0.960. The highest BCUT2D eigenvalue weighted by molar-refractivity contribution is 6.27. The maximum absolute atomic E-state index is 12.2. The zero-order valence-electron chi connectivity index (χ0n) is 6.48. The van der Waals surface area contributed by atoms with Gasteiger partial charge in [0.05, 0.1) is 5.56 Å². The fraction of sp³-hybridized carbons (Fsp3) is 0.111. The van der Waals surface area contributed by atoms with E-state index in [1.54, 1.807) is 6.07 Å². The second-order valence-corrected chi connectivity index (χ2v) is 2.67. The Morgan fingerprint density at radius 3 is 2.46 bits per heavy atom. The molecule has 1 rings (SSSR count). The molecule has 0 aliphatic carbocycles. The Kier molecular flexibility index (Phi) is 2.98. The van der Waals surface area contributed by atoms with Gasteiger partial charge in [-0.05, 0) is 23.8 Å². The lowest BCUT2D eigenvalue weighted by Gasteiger charge is -2.06. The maximum atomic E-state index is 12.2. The van der Waals surface area contributed by atoms with E-state index in [1.807, 2.05) is 0 Å². The molecule has 0 atom stereocenters. The van der Waals surface area contributed by atoms with Crippen molar-refractivity contribution in [2.45, 2.75) is 6.18 Å². The standard InChI is InChI=1S/C9H6ClF3/c10-5-4-7-2-1-3-8(6-7)9(11,12)13/h1-6H. The Labute approximate surface area is 78.6 Å². The predicted octanol–water partition coefficient (Wildman–Crippen LogP) is 3.91. The first kappa shape index (κ1) is 10.1. The van der Waals surface area contributed by atoms with E-state index >= 15 is 0 Å². The van der Waals surface area contributed by atoms with Crippen LogP contribution in [0.5, 0.6) is 0 Å². The molecule has 4 heteroatoms. The zero-order chi connectivity index (χ0) is 9.90. The van der Waals surface area contributed by atoms with Crippen molar-refractivity contribution in [3.63, 3.8) is 0 Å². The van der Waals surface area contributed by atoms with Crippen LogP contribution in [0.25, 0.3) is 6.08 Å². The quantitative estimate of drug-likeness (QED) is 0.654. The van der Waals surface area contributed by atoms with Gasteiger partial charge in [0.1, 0.15) is 0 Å². The summed E-state index contributed by atoms with van der Waals surface area (Å²) in [5.74, 6) is 0. The van der Waals surface area contributed by atoms with Crippen molar-refractivity contribution in [3.8, 4) is 0 Å². The summed E-state index contributed by atoms with van der Waals surface area (Å²) < 4.78 is 36.5. The summed E-state index contributed by atoms with van der Waals surface area (Å²) in [6, 6.07) is 4.95. The minimum atomic E-state index is -4.30. The predicted molar refractivity (Wildman–Crippen MR) is 46.3 cm³/mol. The minimum Gasteiger partial charge on any atom is -0.166 e. The monoisotopic (exact) mass is 206 g/mol. The fourth-order valence-electron chi connectivity index (χ4n) is 0.891. The summed E-state index contributed by atoms with van der Waals surface area (Å²) >= 11 is 5.24. The van der Waals surface area contributed by atoms with Crippen LogP contribution in [0.15, 0.2) is 29.8 Å². The second kappa shape index (κ2) is 3.83. The van der Waals surface area contributed by atoms with E-state index in [-0.39, 0.29) is 0 Å². The highest BCUT2D eigenvalue weighted by atomic mass is 35.5. The van der Waals surface area contributed by atoms with E-state index < -0.39 is 11.7 Å². The zero-order valence-corrected chi connectivity index (χ0v) is 7.23. The van der Waals surface area contributed by atoms with E-state index in [4.69, 9.17) is 11.6 Å². The molecule has 0 heterocycles. The third-order valence-electron chi connectivity index (χ3n) is 1.47. The summed E-state index contributed by atoms with van der Waals surface area (Å²) in [5, 5.41) is 0. The molecule has 1 aromatic carbocycles. The molecule has 0 unspecified atom stereocenters. The van der Waals surface area contributed by atoms with Gasteiger partial charge in [-0.3, -0.25) is 0 Å². The van der Waals surface area contributed by atoms with Crippen molar-refractivity contribution in [2.75, 3.05) is 0 Å². The lowest BCUT2D eigenvalue weighted by molar-refractivity contribution is -0.137. The highest BCUT2D eigenvalue weighted by Crippen LogP contribution is 2.29. The van der Waals surface area contributed by atoms with Gasteiger partial charge in [-0.2, -0.15) is 13.2 Å². The van der Waals surface area contributed by atoms with E-state index in [9.17, 15) is 13.2 Å². The van der Waals surface area contributed by atoms with Gasteiger partial charge in [-0.15, -0.1) is 0 Å². The van der Waals surface area contributed by atoms with Gasteiger partial charge >= 0.3 is 6.18 Å². The van der Waals surface area contributed by atoms with Gasteiger partial charge in [-0.25, -0.2) is 0 Å². The van der Waals surface area contributed by atoms with Gasteiger partial charge in [0.25, 0.3) is 0 Å². The Balaban J connectivity index is 3.05. The maximum Gasteiger partial charge on any atom is 0.416 e. The molecule has 0 aliphatic rings. The fourth-order valence-corrected chi connectivity index (χ4v) is 1.04. The molecule has 0 aromatic heterocycles. The lowest BCUT2D eigenvalue weighted by Crippen LogP contribution is -2.04. The van der Waals surface area contributed by atoms with Crippen LogP contribution < -0.4 is 0 Å². The van der Waals surface area contributed by atoms with Gasteiger partial charge in [-0.1, -0.05) is 23.7 Å². The second-order valence-electron chi connectivity index (χ2n) is 2.42. The summed E-state index contributed by atoms with van der Waals surface area (Å²) in [6.45, 7) is 0. The Morgan fingerprint density at radius 2 is 1.92 bits per heavy atom. The third kappa shape index (κ3) is 2.77.